The summed E-state index contributed by atoms with van der Waals surface area (Å²) in [4.78, 5) is 34.1. The predicted octanol–water partition coefficient (Wildman–Crippen LogP) is 5.32. The smallest absolute Gasteiger partial charge is 0.252 e. The lowest BCUT2D eigenvalue weighted by atomic mass is 9.92. The number of benzene rings is 1. The van der Waals surface area contributed by atoms with Gasteiger partial charge in [0.1, 0.15) is 5.65 Å². The van der Waals surface area contributed by atoms with Gasteiger partial charge in [0, 0.05) is 48.6 Å². The fraction of sp³-hybridized carbons (Fsp3) is 0.481. The first-order valence-corrected chi connectivity index (χ1v) is 12.3. The van der Waals surface area contributed by atoms with Crippen LogP contribution < -0.4 is 16.2 Å². The minimum absolute atomic E-state index is 0.0972. The van der Waals surface area contributed by atoms with E-state index in [9.17, 15) is 18.4 Å². The van der Waals surface area contributed by atoms with Crippen LogP contribution in [0.4, 0.5) is 14.7 Å². The number of amides is 1. The number of nitrogens with one attached hydrogen (secondary N) is 2. The third kappa shape index (κ3) is 6.25. The SMILES string of the molecule is C[C@H](Nc1ncc2ccc(=O)n(CC(C)(C)C)c2n1)c1ccc(C(=O)NC2CCC(F)(F)CC2)cc1. The van der Waals surface area contributed by atoms with Crippen LogP contribution in [0, 0.1) is 5.41 Å². The summed E-state index contributed by atoms with van der Waals surface area (Å²) in [6, 6.07) is 10.0. The van der Waals surface area contributed by atoms with Crippen LogP contribution in [0.1, 0.15) is 75.3 Å². The standard InChI is InChI=1S/C27H33F2N5O2/c1-17(18-5-7-19(8-6-18)24(36)32-21-11-13-27(28,29)14-12-21)31-25-30-15-20-9-10-22(35)34(23(20)33-25)16-26(2,3)4/h5-10,15,17,21H,11-14,16H2,1-4H3,(H,32,36)(H,30,31,33)/t17-/m0/s1. The number of pyridine rings is 1. The summed E-state index contributed by atoms with van der Waals surface area (Å²) in [5, 5.41) is 6.93. The zero-order chi connectivity index (χ0) is 26.1. The van der Waals surface area contributed by atoms with E-state index in [0.29, 0.717) is 23.7 Å². The van der Waals surface area contributed by atoms with E-state index in [4.69, 9.17) is 0 Å². The Morgan fingerprint density at radius 1 is 1.14 bits per heavy atom. The molecule has 1 aliphatic carbocycles. The van der Waals surface area contributed by atoms with E-state index >= 15 is 0 Å². The monoisotopic (exact) mass is 497 g/mol. The molecule has 192 valence electrons. The number of anilines is 1. The maximum absolute atomic E-state index is 13.4. The number of nitrogens with zero attached hydrogens (tertiary/aromatic N) is 3. The van der Waals surface area contributed by atoms with E-state index in [2.05, 4.69) is 41.4 Å². The van der Waals surface area contributed by atoms with Gasteiger partial charge in [-0.05, 0) is 48.9 Å². The number of hydrogen-bond donors (Lipinski definition) is 2. The largest absolute Gasteiger partial charge is 0.349 e. The van der Waals surface area contributed by atoms with E-state index in [1.165, 1.54) is 6.07 Å². The molecule has 1 aromatic carbocycles. The molecule has 0 spiro atoms. The summed E-state index contributed by atoms with van der Waals surface area (Å²) in [6.07, 6.45) is 1.89. The fourth-order valence-electron chi connectivity index (χ4n) is 4.42. The van der Waals surface area contributed by atoms with Crippen molar-refractivity contribution in [2.75, 3.05) is 5.32 Å². The summed E-state index contributed by atoms with van der Waals surface area (Å²) in [5.41, 5.74) is 1.78. The van der Waals surface area contributed by atoms with Gasteiger partial charge < -0.3 is 10.6 Å². The summed E-state index contributed by atoms with van der Waals surface area (Å²) in [5.74, 6) is -2.48. The third-order valence-electron chi connectivity index (χ3n) is 6.43. The molecule has 0 bridgehead atoms. The molecule has 2 aromatic heterocycles. The second kappa shape index (κ2) is 9.95. The summed E-state index contributed by atoms with van der Waals surface area (Å²) in [7, 11) is 0. The fourth-order valence-corrected chi connectivity index (χ4v) is 4.42. The van der Waals surface area contributed by atoms with E-state index in [1.54, 1.807) is 29.0 Å². The lowest BCUT2D eigenvalue weighted by Gasteiger charge is -2.28. The quantitative estimate of drug-likeness (QED) is 0.481. The Bertz CT molecular complexity index is 1290. The molecule has 0 radical (unpaired) electrons. The number of rotatable bonds is 6. The highest BCUT2D eigenvalue weighted by Crippen LogP contribution is 2.33. The first-order valence-electron chi connectivity index (χ1n) is 12.3. The van der Waals surface area contributed by atoms with Crippen LogP contribution in [0.25, 0.3) is 11.0 Å². The molecular formula is C27H33F2N5O2. The Hall–Kier alpha value is -3.36. The molecule has 1 fully saturated rings. The van der Waals surface area contributed by atoms with Gasteiger partial charge in [-0.25, -0.2) is 13.8 Å². The zero-order valence-electron chi connectivity index (χ0n) is 21.1. The van der Waals surface area contributed by atoms with E-state index in [1.807, 2.05) is 19.1 Å². The van der Waals surface area contributed by atoms with E-state index in [0.717, 1.165) is 10.9 Å². The van der Waals surface area contributed by atoms with Crippen molar-refractivity contribution in [3.8, 4) is 0 Å². The second-order valence-electron chi connectivity index (χ2n) is 10.9. The Kier molecular flexibility index (Phi) is 7.11. The zero-order valence-corrected chi connectivity index (χ0v) is 21.1. The molecule has 36 heavy (non-hydrogen) atoms. The Balaban J connectivity index is 1.44. The average molecular weight is 498 g/mol. The van der Waals surface area contributed by atoms with Crippen molar-refractivity contribution in [2.24, 2.45) is 5.41 Å². The molecule has 2 N–H and O–H groups in total. The van der Waals surface area contributed by atoms with Crippen LogP contribution >= 0.6 is 0 Å². The number of hydrogen-bond acceptors (Lipinski definition) is 5. The number of aromatic nitrogens is 3. The summed E-state index contributed by atoms with van der Waals surface area (Å²) >= 11 is 0. The van der Waals surface area contributed by atoms with Crippen molar-refractivity contribution in [1.29, 1.82) is 0 Å². The number of fused-ring (bicyclic) bond motifs is 1. The van der Waals surface area contributed by atoms with Crippen LogP contribution in [-0.4, -0.2) is 32.4 Å². The van der Waals surface area contributed by atoms with Crippen LogP contribution in [0.2, 0.25) is 0 Å². The van der Waals surface area contributed by atoms with Crippen molar-refractivity contribution >= 4 is 22.9 Å². The van der Waals surface area contributed by atoms with Crippen molar-refractivity contribution in [3.63, 3.8) is 0 Å². The molecule has 1 atom stereocenters. The molecule has 4 rings (SSSR count). The topological polar surface area (TPSA) is 88.9 Å². The van der Waals surface area contributed by atoms with Crippen LogP contribution in [-0.2, 0) is 6.54 Å². The first-order chi connectivity index (χ1) is 16.9. The Labute approximate surface area is 209 Å². The third-order valence-corrected chi connectivity index (χ3v) is 6.43. The molecular weight excluding hydrogens is 464 g/mol. The second-order valence-corrected chi connectivity index (χ2v) is 10.9. The Morgan fingerprint density at radius 3 is 2.44 bits per heavy atom. The predicted molar refractivity (Wildman–Crippen MR) is 136 cm³/mol. The number of alkyl halides is 2. The van der Waals surface area contributed by atoms with Gasteiger partial charge in [-0.3, -0.25) is 14.2 Å². The molecule has 1 aliphatic rings. The van der Waals surface area contributed by atoms with Crippen molar-refractivity contribution in [1.82, 2.24) is 19.9 Å². The molecule has 1 amide bonds. The van der Waals surface area contributed by atoms with E-state index < -0.39 is 5.92 Å². The highest BCUT2D eigenvalue weighted by atomic mass is 19.3. The van der Waals surface area contributed by atoms with Gasteiger partial charge in [0.15, 0.2) is 0 Å². The maximum atomic E-state index is 13.4. The molecule has 0 unspecified atom stereocenters. The average Bonchev–Trinajstić information content (AvgIpc) is 2.82. The lowest BCUT2D eigenvalue weighted by Crippen LogP contribution is -2.40. The van der Waals surface area contributed by atoms with Gasteiger partial charge in [-0.1, -0.05) is 32.9 Å². The van der Waals surface area contributed by atoms with Gasteiger partial charge in [0.25, 0.3) is 11.5 Å². The van der Waals surface area contributed by atoms with Gasteiger partial charge in [-0.2, -0.15) is 4.98 Å². The van der Waals surface area contributed by atoms with Crippen LogP contribution in [0.5, 0.6) is 0 Å². The van der Waals surface area contributed by atoms with Crippen molar-refractivity contribution < 1.29 is 13.6 Å². The van der Waals surface area contributed by atoms with Crippen LogP contribution in [0.15, 0.2) is 47.4 Å². The number of carbonyl (C=O) groups is 1. The van der Waals surface area contributed by atoms with Crippen LogP contribution in [0.3, 0.4) is 0 Å². The number of carbonyl (C=O) groups excluding carboxylic acids is 1. The molecule has 7 nitrogen and oxygen atoms in total. The molecule has 3 aromatic rings. The van der Waals surface area contributed by atoms with E-state index in [-0.39, 0.29) is 54.6 Å². The highest BCUT2D eigenvalue weighted by molar-refractivity contribution is 5.94. The molecule has 1 saturated carbocycles. The van der Waals surface area contributed by atoms with Crippen molar-refractivity contribution in [2.45, 2.75) is 77.9 Å². The minimum atomic E-state index is -2.62. The Morgan fingerprint density at radius 2 is 1.81 bits per heavy atom. The maximum Gasteiger partial charge on any atom is 0.252 e. The number of halogens is 2. The van der Waals surface area contributed by atoms with Gasteiger partial charge >= 0.3 is 0 Å². The molecule has 2 heterocycles. The van der Waals surface area contributed by atoms with Crippen molar-refractivity contribution in [3.05, 3.63) is 64.1 Å². The summed E-state index contributed by atoms with van der Waals surface area (Å²) < 4.78 is 28.4. The molecule has 9 heteroatoms. The minimum Gasteiger partial charge on any atom is -0.349 e. The lowest BCUT2D eigenvalue weighted by molar-refractivity contribution is -0.0399. The van der Waals surface area contributed by atoms with Gasteiger partial charge in [0.05, 0.1) is 6.04 Å². The van der Waals surface area contributed by atoms with Gasteiger partial charge in [0.2, 0.25) is 11.9 Å². The highest BCUT2D eigenvalue weighted by Gasteiger charge is 2.35. The molecule has 0 aliphatic heterocycles. The molecule has 0 saturated heterocycles. The summed E-state index contributed by atoms with van der Waals surface area (Å²) in [6.45, 7) is 8.69. The first kappa shape index (κ1) is 25.7. The van der Waals surface area contributed by atoms with Gasteiger partial charge in [-0.15, -0.1) is 0 Å². The normalized spacial score (nSPS) is 17.1.